The molecule has 0 spiro atoms. The molecule has 0 fully saturated rings. The fourth-order valence-corrected chi connectivity index (χ4v) is 2.66. The number of hydrogen-bond acceptors (Lipinski definition) is 6. The second-order valence-corrected chi connectivity index (χ2v) is 5.15. The number of ketones is 1. The summed E-state index contributed by atoms with van der Waals surface area (Å²) >= 11 is 0. The summed E-state index contributed by atoms with van der Waals surface area (Å²) in [6.45, 7) is 0. The molecular formula is C17H16O6. The van der Waals surface area contributed by atoms with Crippen LogP contribution in [0.5, 0.6) is 28.7 Å². The van der Waals surface area contributed by atoms with Crippen LogP contribution < -0.4 is 14.2 Å². The number of Topliss-reactive ketones (excluding diaryl/α,β-unsaturated/α-hetero) is 1. The molecule has 6 heteroatoms. The Morgan fingerprint density at radius 2 is 1.96 bits per heavy atom. The van der Waals surface area contributed by atoms with E-state index in [-0.39, 0.29) is 23.7 Å². The molecule has 2 N–H and O–H groups in total. The minimum atomic E-state index is -0.695. The summed E-state index contributed by atoms with van der Waals surface area (Å²) in [5.41, 5.74) is 0.704. The van der Waals surface area contributed by atoms with Crippen molar-refractivity contribution in [3.63, 3.8) is 0 Å². The third-order valence-corrected chi connectivity index (χ3v) is 3.81. The molecule has 3 rings (SSSR count). The van der Waals surface area contributed by atoms with Crippen LogP contribution in [0.15, 0.2) is 30.3 Å². The lowest BCUT2D eigenvalue weighted by Gasteiger charge is -2.27. The maximum absolute atomic E-state index is 12.5. The number of methoxy groups -OCH3 is 2. The molecule has 0 saturated heterocycles. The predicted molar refractivity (Wildman–Crippen MR) is 81.6 cm³/mol. The third-order valence-electron chi connectivity index (χ3n) is 3.81. The maximum atomic E-state index is 12.5. The van der Waals surface area contributed by atoms with Gasteiger partial charge in [-0.15, -0.1) is 0 Å². The first-order chi connectivity index (χ1) is 11.0. The summed E-state index contributed by atoms with van der Waals surface area (Å²) in [4.78, 5) is 12.5. The summed E-state index contributed by atoms with van der Waals surface area (Å²) < 4.78 is 16.3. The van der Waals surface area contributed by atoms with Crippen LogP contribution in [0.25, 0.3) is 0 Å². The van der Waals surface area contributed by atoms with Crippen LogP contribution in [0.2, 0.25) is 0 Å². The Labute approximate surface area is 132 Å². The molecular weight excluding hydrogens is 300 g/mol. The average Bonchev–Trinajstić information content (AvgIpc) is 2.55. The minimum absolute atomic E-state index is 0.0344. The summed E-state index contributed by atoms with van der Waals surface area (Å²) in [5, 5.41) is 19.6. The van der Waals surface area contributed by atoms with Crippen molar-refractivity contribution in [2.75, 3.05) is 14.2 Å². The molecule has 23 heavy (non-hydrogen) atoms. The summed E-state index contributed by atoms with van der Waals surface area (Å²) in [6, 6.07) is 7.77. The normalized spacial score (nSPS) is 16.4. The number of para-hydroxylation sites is 1. The van der Waals surface area contributed by atoms with Crippen molar-refractivity contribution in [2.45, 2.75) is 12.5 Å². The monoisotopic (exact) mass is 316 g/mol. The highest BCUT2D eigenvalue weighted by Gasteiger charge is 2.33. The van der Waals surface area contributed by atoms with Crippen molar-refractivity contribution in [3.05, 3.63) is 41.5 Å². The van der Waals surface area contributed by atoms with E-state index in [2.05, 4.69) is 0 Å². The Morgan fingerprint density at radius 3 is 2.65 bits per heavy atom. The maximum Gasteiger partial charge on any atom is 0.174 e. The van der Waals surface area contributed by atoms with Crippen molar-refractivity contribution < 1.29 is 29.2 Å². The second-order valence-electron chi connectivity index (χ2n) is 5.15. The second kappa shape index (κ2) is 5.72. The molecule has 1 heterocycles. The molecule has 0 amide bonds. The SMILES string of the molecule is COc1cc(OC)c2c(c1)OC(c1cccc(O)c1O)CC2=O. The molecule has 0 saturated carbocycles. The van der Waals surface area contributed by atoms with Crippen molar-refractivity contribution in [3.8, 4) is 28.7 Å². The smallest absolute Gasteiger partial charge is 0.174 e. The Kier molecular flexibility index (Phi) is 3.73. The van der Waals surface area contributed by atoms with Gasteiger partial charge in [0.05, 0.1) is 20.6 Å². The van der Waals surface area contributed by atoms with Crippen molar-refractivity contribution in [1.82, 2.24) is 0 Å². The van der Waals surface area contributed by atoms with Gasteiger partial charge in [-0.05, 0) is 6.07 Å². The highest BCUT2D eigenvalue weighted by Crippen LogP contribution is 2.44. The molecule has 120 valence electrons. The first kappa shape index (κ1) is 15.0. The van der Waals surface area contributed by atoms with Gasteiger partial charge in [-0.25, -0.2) is 0 Å². The zero-order chi connectivity index (χ0) is 16.6. The van der Waals surface area contributed by atoms with Gasteiger partial charge in [0.15, 0.2) is 17.3 Å². The van der Waals surface area contributed by atoms with E-state index < -0.39 is 6.10 Å². The topological polar surface area (TPSA) is 85.2 Å². The lowest BCUT2D eigenvalue weighted by atomic mass is 9.95. The molecule has 0 radical (unpaired) electrons. The summed E-state index contributed by atoms with van der Waals surface area (Å²) in [7, 11) is 2.97. The molecule has 1 unspecified atom stereocenters. The molecule has 0 aliphatic carbocycles. The Morgan fingerprint density at radius 1 is 1.17 bits per heavy atom. The predicted octanol–water partition coefficient (Wildman–Crippen LogP) is 2.82. The van der Waals surface area contributed by atoms with Gasteiger partial charge in [0.2, 0.25) is 0 Å². The van der Waals surface area contributed by atoms with E-state index in [1.807, 2.05) is 0 Å². The van der Waals surface area contributed by atoms with Crippen LogP contribution in [-0.4, -0.2) is 30.2 Å². The Hall–Kier alpha value is -2.89. The van der Waals surface area contributed by atoms with Crippen LogP contribution in [0.1, 0.15) is 28.4 Å². The zero-order valence-corrected chi connectivity index (χ0v) is 12.7. The number of hydrogen-bond donors (Lipinski definition) is 2. The van der Waals surface area contributed by atoms with E-state index >= 15 is 0 Å². The van der Waals surface area contributed by atoms with E-state index in [4.69, 9.17) is 14.2 Å². The minimum Gasteiger partial charge on any atom is -0.504 e. The van der Waals surface area contributed by atoms with Crippen molar-refractivity contribution >= 4 is 5.78 Å². The van der Waals surface area contributed by atoms with Gasteiger partial charge >= 0.3 is 0 Å². The molecule has 1 atom stereocenters. The van der Waals surface area contributed by atoms with Gasteiger partial charge < -0.3 is 24.4 Å². The average molecular weight is 316 g/mol. The Bertz CT molecular complexity index is 768. The van der Waals surface area contributed by atoms with E-state index in [1.165, 1.54) is 20.3 Å². The van der Waals surface area contributed by atoms with Gasteiger partial charge in [-0.1, -0.05) is 12.1 Å². The first-order valence-electron chi connectivity index (χ1n) is 7.02. The number of fused-ring (bicyclic) bond motifs is 1. The summed E-state index contributed by atoms with van der Waals surface area (Å²) in [5.74, 6) is 0.483. The van der Waals surface area contributed by atoms with Crippen LogP contribution >= 0.6 is 0 Å². The fourth-order valence-electron chi connectivity index (χ4n) is 2.66. The zero-order valence-electron chi connectivity index (χ0n) is 12.7. The van der Waals surface area contributed by atoms with Gasteiger partial charge in [0, 0.05) is 17.7 Å². The first-order valence-corrected chi connectivity index (χ1v) is 7.02. The molecule has 1 aliphatic rings. The number of ether oxygens (including phenoxy) is 3. The highest BCUT2D eigenvalue weighted by molar-refractivity contribution is 6.03. The molecule has 1 aliphatic heterocycles. The van der Waals surface area contributed by atoms with Crippen LogP contribution in [0.4, 0.5) is 0 Å². The lowest BCUT2D eigenvalue weighted by Crippen LogP contribution is -2.21. The van der Waals surface area contributed by atoms with Gasteiger partial charge in [-0.2, -0.15) is 0 Å². The van der Waals surface area contributed by atoms with Gasteiger partial charge in [-0.3, -0.25) is 4.79 Å². The number of benzene rings is 2. The van der Waals surface area contributed by atoms with Gasteiger partial charge in [0.25, 0.3) is 0 Å². The number of aromatic hydroxyl groups is 2. The van der Waals surface area contributed by atoms with Gasteiger partial charge in [0.1, 0.15) is 28.9 Å². The quantitative estimate of drug-likeness (QED) is 0.847. The molecule has 0 bridgehead atoms. The molecule has 0 aromatic heterocycles. The summed E-state index contributed by atoms with van der Waals surface area (Å²) in [6.07, 6.45) is -0.661. The van der Waals surface area contributed by atoms with E-state index in [9.17, 15) is 15.0 Å². The largest absolute Gasteiger partial charge is 0.504 e. The fraction of sp³-hybridized carbons (Fsp3) is 0.235. The third kappa shape index (κ3) is 2.52. The highest BCUT2D eigenvalue weighted by atomic mass is 16.5. The number of carbonyl (C=O) groups excluding carboxylic acids is 1. The molecule has 6 nitrogen and oxygen atoms in total. The molecule has 2 aromatic carbocycles. The number of rotatable bonds is 3. The Balaban J connectivity index is 2.06. The number of phenols is 2. The van der Waals surface area contributed by atoms with Crippen LogP contribution in [0.3, 0.4) is 0 Å². The number of carbonyl (C=O) groups is 1. The van der Waals surface area contributed by atoms with E-state index in [0.717, 1.165) is 0 Å². The van der Waals surface area contributed by atoms with Crippen LogP contribution in [0, 0.1) is 0 Å². The lowest BCUT2D eigenvalue weighted by molar-refractivity contribution is 0.0840. The molecule has 2 aromatic rings. The van der Waals surface area contributed by atoms with Crippen LogP contribution in [-0.2, 0) is 0 Å². The van der Waals surface area contributed by atoms with E-state index in [1.54, 1.807) is 24.3 Å². The van der Waals surface area contributed by atoms with Crippen molar-refractivity contribution in [2.24, 2.45) is 0 Å². The standard InChI is InChI=1S/C17H16O6/c1-21-9-6-14(22-2)16-12(19)8-13(23-15(16)7-9)10-4-3-5-11(18)17(10)20/h3-7,13,18,20H,8H2,1-2H3. The van der Waals surface area contributed by atoms with E-state index in [0.29, 0.717) is 28.4 Å². The number of phenolic OH excluding ortho intramolecular Hbond substituents is 2. The van der Waals surface area contributed by atoms with Crippen molar-refractivity contribution in [1.29, 1.82) is 0 Å².